The van der Waals surface area contributed by atoms with Crippen LogP contribution in [0.15, 0.2) is 22.7 Å². The molecule has 5 heteroatoms. The van der Waals surface area contributed by atoms with E-state index in [1.807, 2.05) is 6.07 Å². The number of hydrogen-bond donors (Lipinski definition) is 1. The van der Waals surface area contributed by atoms with Crippen LogP contribution in [0, 0.1) is 16.0 Å². The maximum atomic E-state index is 11.0. The molecule has 0 aromatic heterocycles. The second kappa shape index (κ2) is 9.08. The number of hydrogen-bond acceptors (Lipinski definition) is 3. The zero-order valence-corrected chi connectivity index (χ0v) is 13.8. The van der Waals surface area contributed by atoms with Gasteiger partial charge in [-0.05, 0) is 31.0 Å². The van der Waals surface area contributed by atoms with Gasteiger partial charge in [-0.25, -0.2) is 0 Å². The first-order chi connectivity index (χ1) is 9.58. The molecule has 1 aromatic carbocycles. The molecule has 4 nitrogen and oxygen atoms in total. The predicted octanol–water partition coefficient (Wildman–Crippen LogP) is 4.66. The SMILES string of the molecule is CCCCC(CC)CNCc1cc(Br)ccc1[N+](=O)[O-]. The smallest absolute Gasteiger partial charge is 0.273 e. The average Bonchev–Trinajstić information content (AvgIpc) is 2.42. The molecule has 0 aliphatic carbocycles. The summed E-state index contributed by atoms with van der Waals surface area (Å²) in [5, 5.41) is 14.3. The molecule has 0 heterocycles. The van der Waals surface area contributed by atoms with E-state index in [0.29, 0.717) is 12.5 Å². The Morgan fingerprint density at radius 1 is 1.40 bits per heavy atom. The van der Waals surface area contributed by atoms with Crippen LogP contribution in [0.3, 0.4) is 0 Å². The monoisotopic (exact) mass is 342 g/mol. The fourth-order valence-corrected chi connectivity index (χ4v) is 2.64. The van der Waals surface area contributed by atoms with Crippen LogP contribution in [0.4, 0.5) is 5.69 Å². The first-order valence-electron chi connectivity index (χ1n) is 7.22. The molecule has 0 radical (unpaired) electrons. The van der Waals surface area contributed by atoms with E-state index in [1.165, 1.54) is 19.3 Å². The number of halogens is 1. The van der Waals surface area contributed by atoms with Gasteiger partial charge in [-0.15, -0.1) is 0 Å². The van der Waals surface area contributed by atoms with Gasteiger partial charge in [0.25, 0.3) is 5.69 Å². The summed E-state index contributed by atoms with van der Waals surface area (Å²) in [4.78, 5) is 10.7. The summed E-state index contributed by atoms with van der Waals surface area (Å²) in [6.45, 7) is 5.85. The van der Waals surface area contributed by atoms with Crippen LogP contribution in [0.25, 0.3) is 0 Å². The molecule has 0 spiro atoms. The van der Waals surface area contributed by atoms with Gasteiger partial charge in [-0.1, -0.05) is 49.0 Å². The van der Waals surface area contributed by atoms with Gasteiger partial charge < -0.3 is 5.32 Å². The van der Waals surface area contributed by atoms with Crippen molar-refractivity contribution >= 4 is 21.6 Å². The highest BCUT2D eigenvalue weighted by Crippen LogP contribution is 2.23. The zero-order valence-electron chi connectivity index (χ0n) is 12.2. The van der Waals surface area contributed by atoms with E-state index in [-0.39, 0.29) is 10.6 Å². The van der Waals surface area contributed by atoms with E-state index < -0.39 is 0 Å². The van der Waals surface area contributed by atoms with Crippen LogP contribution in [0.1, 0.15) is 45.1 Å². The van der Waals surface area contributed by atoms with Crippen molar-refractivity contribution in [2.75, 3.05) is 6.54 Å². The van der Waals surface area contributed by atoms with Gasteiger partial charge in [0.1, 0.15) is 0 Å². The fourth-order valence-electron chi connectivity index (χ4n) is 2.23. The third-order valence-corrected chi connectivity index (χ3v) is 4.02. The van der Waals surface area contributed by atoms with Crippen molar-refractivity contribution in [3.8, 4) is 0 Å². The summed E-state index contributed by atoms with van der Waals surface area (Å²) in [7, 11) is 0. The Hall–Kier alpha value is -0.940. The number of nitro benzene ring substituents is 1. The minimum atomic E-state index is -0.322. The first-order valence-corrected chi connectivity index (χ1v) is 8.01. The highest BCUT2D eigenvalue weighted by molar-refractivity contribution is 9.10. The largest absolute Gasteiger partial charge is 0.312 e. The number of nitro groups is 1. The molecule has 1 atom stereocenters. The van der Waals surface area contributed by atoms with Gasteiger partial charge in [-0.3, -0.25) is 10.1 Å². The minimum Gasteiger partial charge on any atom is -0.312 e. The summed E-state index contributed by atoms with van der Waals surface area (Å²) in [5.74, 6) is 0.654. The number of benzene rings is 1. The van der Waals surface area contributed by atoms with Gasteiger partial charge in [0, 0.05) is 22.6 Å². The van der Waals surface area contributed by atoms with E-state index in [9.17, 15) is 10.1 Å². The Kier molecular flexibility index (Phi) is 7.77. The molecule has 0 fully saturated rings. The highest BCUT2D eigenvalue weighted by atomic mass is 79.9. The van der Waals surface area contributed by atoms with Gasteiger partial charge in [0.2, 0.25) is 0 Å². The third-order valence-electron chi connectivity index (χ3n) is 3.53. The van der Waals surface area contributed by atoms with Crippen LogP contribution < -0.4 is 5.32 Å². The van der Waals surface area contributed by atoms with Crippen molar-refractivity contribution in [2.45, 2.75) is 46.1 Å². The summed E-state index contributed by atoms with van der Waals surface area (Å²) in [5.41, 5.74) is 0.914. The molecule has 112 valence electrons. The van der Waals surface area contributed by atoms with Gasteiger partial charge in [0.05, 0.1) is 4.92 Å². The Morgan fingerprint density at radius 2 is 2.15 bits per heavy atom. The molecule has 0 amide bonds. The van der Waals surface area contributed by atoms with E-state index >= 15 is 0 Å². The molecule has 0 bridgehead atoms. The normalized spacial score (nSPS) is 12.3. The molecule has 1 unspecified atom stereocenters. The van der Waals surface area contributed by atoms with Crippen LogP contribution >= 0.6 is 15.9 Å². The molecule has 1 N–H and O–H groups in total. The Balaban J connectivity index is 2.56. The van der Waals surface area contributed by atoms with Crippen molar-refractivity contribution in [3.63, 3.8) is 0 Å². The van der Waals surface area contributed by atoms with E-state index in [1.54, 1.807) is 12.1 Å². The third kappa shape index (κ3) is 5.59. The topological polar surface area (TPSA) is 55.2 Å². The zero-order chi connectivity index (χ0) is 15.0. The van der Waals surface area contributed by atoms with E-state index in [4.69, 9.17) is 0 Å². The lowest BCUT2D eigenvalue weighted by molar-refractivity contribution is -0.385. The maximum absolute atomic E-state index is 11.0. The predicted molar refractivity (Wildman–Crippen MR) is 85.8 cm³/mol. The molecule has 1 rings (SSSR count). The Bertz CT molecular complexity index is 438. The highest BCUT2D eigenvalue weighted by Gasteiger charge is 2.14. The van der Waals surface area contributed by atoms with Gasteiger partial charge >= 0.3 is 0 Å². The van der Waals surface area contributed by atoms with Gasteiger partial charge in [-0.2, -0.15) is 0 Å². The van der Waals surface area contributed by atoms with Crippen molar-refractivity contribution in [1.29, 1.82) is 0 Å². The molecule has 1 aromatic rings. The molecule has 0 saturated heterocycles. The van der Waals surface area contributed by atoms with Crippen molar-refractivity contribution in [1.82, 2.24) is 5.32 Å². The molecule has 20 heavy (non-hydrogen) atoms. The second-order valence-electron chi connectivity index (χ2n) is 5.08. The van der Waals surface area contributed by atoms with Crippen LogP contribution in [0.5, 0.6) is 0 Å². The van der Waals surface area contributed by atoms with E-state index in [2.05, 4.69) is 35.1 Å². The lowest BCUT2D eigenvalue weighted by Crippen LogP contribution is -2.22. The number of nitrogens with one attached hydrogen (secondary N) is 1. The number of rotatable bonds is 9. The van der Waals surface area contributed by atoms with Crippen molar-refractivity contribution in [3.05, 3.63) is 38.3 Å². The second-order valence-corrected chi connectivity index (χ2v) is 5.99. The lowest BCUT2D eigenvalue weighted by atomic mass is 9.99. The summed E-state index contributed by atoms with van der Waals surface area (Å²) >= 11 is 3.36. The number of unbranched alkanes of at least 4 members (excludes halogenated alkanes) is 1. The Morgan fingerprint density at radius 3 is 2.75 bits per heavy atom. The van der Waals surface area contributed by atoms with Crippen molar-refractivity contribution < 1.29 is 4.92 Å². The molecule has 0 aliphatic rings. The average molecular weight is 343 g/mol. The van der Waals surface area contributed by atoms with E-state index in [0.717, 1.165) is 23.0 Å². The summed E-state index contributed by atoms with van der Waals surface area (Å²) < 4.78 is 0.873. The lowest BCUT2D eigenvalue weighted by Gasteiger charge is -2.15. The van der Waals surface area contributed by atoms with Crippen LogP contribution in [-0.2, 0) is 6.54 Å². The molecule has 0 saturated carbocycles. The number of nitrogens with zero attached hydrogens (tertiary/aromatic N) is 1. The minimum absolute atomic E-state index is 0.183. The first kappa shape index (κ1) is 17.1. The molecular formula is C15H23BrN2O2. The van der Waals surface area contributed by atoms with Crippen LogP contribution in [-0.4, -0.2) is 11.5 Å². The standard InChI is InChI=1S/C15H23BrN2O2/c1-3-5-6-12(4-2)10-17-11-13-9-14(16)7-8-15(13)18(19)20/h7-9,12,17H,3-6,10-11H2,1-2H3. The quantitative estimate of drug-likeness (QED) is 0.524. The van der Waals surface area contributed by atoms with Crippen molar-refractivity contribution in [2.24, 2.45) is 5.92 Å². The van der Waals surface area contributed by atoms with Gasteiger partial charge in [0.15, 0.2) is 0 Å². The summed E-state index contributed by atoms with van der Waals surface area (Å²) in [6.07, 6.45) is 4.83. The maximum Gasteiger partial charge on any atom is 0.273 e. The fraction of sp³-hybridized carbons (Fsp3) is 0.600. The molecular weight excluding hydrogens is 320 g/mol. The molecule has 0 aliphatic heterocycles. The van der Waals surface area contributed by atoms with Crippen LogP contribution in [0.2, 0.25) is 0 Å². The Labute approximate surface area is 129 Å². The summed E-state index contributed by atoms with van der Waals surface area (Å²) in [6, 6.07) is 5.07.